The molecule has 3 rings (SSSR count). The van der Waals surface area contributed by atoms with E-state index in [-0.39, 0.29) is 18.3 Å². The van der Waals surface area contributed by atoms with Crippen LogP contribution in [0.3, 0.4) is 0 Å². The number of nitrogens with zero attached hydrogens (tertiary/aromatic N) is 3. The van der Waals surface area contributed by atoms with Gasteiger partial charge in [0, 0.05) is 37.8 Å². The fraction of sp³-hybridized carbons (Fsp3) is 0.765. The number of likely N-dealkylation sites (tertiary alicyclic amines) is 1. The lowest BCUT2D eigenvalue weighted by Crippen LogP contribution is -2.46. The normalized spacial score (nSPS) is 25.9. The zero-order valence-electron chi connectivity index (χ0n) is 14.2. The molecule has 1 amide bonds. The van der Waals surface area contributed by atoms with Gasteiger partial charge in [0.25, 0.3) is 0 Å². The van der Waals surface area contributed by atoms with Crippen LogP contribution in [0.4, 0.5) is 0 Å². The maximum atomic E-state index is 12.7. The predicted molar refractivity (Wildman–Crippen MR) is 93.9 cm³/mol. The second kappa shape index (κ2) is 8.15. The molecule has 0 aliphatic carbocycles. The van der Waals surface area contributed by atoms with Crippen molar-refractivity contribution in [2.45, 2.75) is 58.0 Å². The van der Waals surface area contributed by atoms with E-state index in [4.69, 9.17) is 0 Å². The van der Waals surface area contributed by atoms with Crippen LogP contribution in [0.2, 0.25) is 0 Å². The van der Waals surface area contributed by atoms with Gasteiger partial charge < -0.3 is 10.2 Å². The average molecular weight is 341 g/mol. The highest BCUT2D eigenvalue weighted by atomic mass is 35.5. The minimum absolute atomic E-state index is 0. The molecule has 6 heteroatoms. The lowest BCUT2D eigenvalue weighted by atomic mass is 9.88. The molecule has 2 saturated heterocycles. The quantitative estimate of drug-likeness (QED) is 0.919. The van der Waals surface area contributed by atoms with E-state index in [1.54, 1.807) is 0 Å². The third-order valence-electron chi connectivity index (χ3n) is 5.23. The number of rotatable bonds is 3. The van der Waals surface area contributed by atoms with Crippen LogP contribution in [0.15, 0.2) is 12.4 Å². The summed E-state index contributed by atoms with van der Waals surface area (Å²) in [6.07, 6.45) is 8.29. The van der Waals surface area contributed by atoms with Gasteiger partial charge in [-0.15, -0.1) is 12.4 Å². The SMILES string of the molecule is CCn1cc(C2CCN(C(=O)[C@H]3CCN[C@@H](C)C3)CC2)cn1.Cl. The summed E-state index contributed by atoms with van der Waals surface area (Å²) >= 11 is 0. The minimum Gasteiger partial charge on any atom is -0.342 e. The Hall–Kier alpha value is -1.07. The molecule has 130 valence electrons. The van der Waals surface area contributed by atoms with E-state index in [9.17, 15) is 4.79 Å². The molecule has 1 aromatic rings. The summed E-state index contributed by atoms with van der Waals surface area (Å²) in [4.78, 5) is 14.8. The molecule has 1 aromatic heterocycles. The standard InChI is InChI=1S/C17H28N4O.ClH/c1-3-21-12-16(11-19-21)14-5-8-20(9-6-14)17(22)15-4-7-18-13(2)10-15;/h11-15,18H,3-10H2,1-2H3;1H/t13-,15-;/m0./s1. The highest BCUT2D eigenvalue weighted by Gasteiger charge is 2.31. The number of aromatic nitrogens is 2. The fourth-order valence-corrected chi connectivity index (χ4v) is 3.81. The number of carbonyl (C=O) groups is 1. The van der Waals surface area contributed by atoms with Crippen molar-refractivity contribution >= 4 is 18.3 Å². The van der Waals surface area contributed by atoms with Crippen LogP contribution in [0.5, 0.6) is 0 Å². The molecule has 1 N–H and O–H groups in total. The smallest absolute Gasteiger partial charge is 0.225 e. The first kappa shape index (κ1) is 18.3. The third-order valence-corrected chi connectivity index (χ3v) is 5.23. The van der Waals surface area contributed by atoms with E-state index in [2.05, 4.69) is 35.4 Å². The second-order valence-electron chi connectivity index (χ2n) is 6.81. The highest BCUT2D eigenvalue weighted by molar-refractivity contribution is 5.85. The molecule has 23 heavy (non-hydrogen) atoms. The van der Waals surface area contributed by atoms with Gasteiger partial charge in [-0.3, -0.25) is 9.48 Å². The van der Waals surface area contributed by atoms with Crippen molar-refractivity contribution in [3.05, 3.63) is 18.0 Å². The molecule has 0 spiro atoms. The lowest BCUT2D eigenvalue weighted by Gasteiger charge is -2.36. The number of piperidine rings is 2. The number of carbonyl (C=O) groups excluding carboxylic acids is 1. The highest BCUT2D eigenvalue weighted by Crippen LogP contribution is 2.29. The largest absolute Gasteiger partial charge is 0.342 e. The first-order valence-electron chi connectivity index (χ1n) is 8.72. The average Bonchev–Trinajstić information content (AvgIpc) is 3.03. The molecular weight excluding hydrogens is 312 g/mol. The van der Waals surface area contributed by atoms with Crippen molar-refractivity contribution in [3.8, 4) is 0 Å². The van der Waals surface area contributed by atoms with Crippen molar-refractivity contribution < 1.29 is 4.79 Å². The van der Waals surface area contributed by atoms with Crippen molar-refractivity contribution in [2.75, 3.05) is 19.6 Å². The van der Waals surface area contributed by atoms with Gasteiger partial charge in [0.15, 0.2) is 0 Å². The summed E-state index contributed by atoms with van der Waals surface area (Å²) in [5, 5.41) is 7.80. The number of halogens is 1. The third kappa shape index (κ3) is 4.27. The minimum atomic E-state index is 0. The van der Waals surface area contributed by atoms with Gasteiger partial charge in [-0.25, -0.2) is 0 Å². The fourth-order valence-electron chi connectivity index (χ4n) is 3.81. The summed E-state index contributed by atoms with van der Waals surface area (Å²) in [6, 6.07) is 0.472. The van der Waals surface area contributed by atoms with E-state index in [0.717, 1.165) is 51.9 Å². The maximum absolute atomic E-state index is 12.7. The molecule has 0 aromatic carbocycles. The number of hydrogen-bond donors (Lipinski definition) is 1. The zero-order valence-corrected chi connectivity index (χ0v) is 15.0. The molecule has 0 radical (unpaired) electrons. The van der Waals surface area contributed by atoms with Gasteiger partial charge in [0.2, 0.25) is 5.91 Å². The summed E-state index contributed by atoms with van der Waals surface area (Å²) in [5.41, 5.74) is 1.34. The van der Waals surface area contributed by atoms with Gasteiger partial charge in [-0.05, 0) is 57.6 Å². The number of hydrogen-bond acceptors (Lipinski definition) is 3. The van der Waals surface area contributed by atoms with Gasteiger partial charge in [0.1, 0.15) is 0 Å². The van der Waals surface area contributed by atoms with Crippen LogP contribution in [0.1, 0.15) is 51.0 Å². The first-order valence-corrected chi connectivity index (χ1v) is 8.72. The van der Waals surface area contributed by atoms with E-state index in [0.29, 0.717) is 17.9 Å². The Morgan fingerprint density at radius 1 is 1.35 bits per heavy atom. The Bertz CT molecular complexity index is 510. The molecule has 2 aliphatic heterocycles. The molecule has 2 atom stereocenters. The van der Waals surface area contributed by atoms with Crippen molar-refractivity contribution in [1.29, 1.82) is 0 Å². The summed E-state index contributed by atoms with van der Waals surface area (Å²) in [7, 11) is 0. The van der Waals surface area contributed by atoms with E-state index < -0.39 is 0 Å². The predicted octanol–water partition coefficient (Wildman–Crippen LogP) is 2.42. The molecule has 2 fully saturated rings. The van der Waals surface area contributed by atoms with Crippen LogP contribution < -0.4 is 5.32 Å². The van der Waals surface area contributed by atoms with E-state index in [1.165, 1.54) is 5.56 Å². The van der Waals surface area contributed by atoms with Crippen molar-refractivity contribution in [2.24, 2.45) is 5.92 Å². The van der Waals surface area contributed by atoms with Gasteiger partial charge in [0.05, 0.1) is 6.20 Å². The summed E-state index contributed by atoms with van der Waals surface area (Å²) < 4.78 is 1.99. The topological polar surface area (TPSA) is 50.2 Å². The summed E-state index contributed by atoms with van der Waals surface area (Å²) in [6.45, 7) is 7.99. The second-order valence-corrected chi connectivity index (χ2v) is 6.81. The number of amides is 1. The monoisotopic (exact) mass is 340 g/mol. The maximum Gasteiger partial charge on any atom is 0.225 e. The number of aryl methyl sites for hydroxylation is 1. The van der Waals surface area contributed by atoms with Crippen LogP contribution in [0, 0.1) is 5.92 Å². The summed E-state index contributed by atoms with van der Waals surface area (Å²) in [5.74, 6) is 1.18. The first-order chi connectivity index (χ1) is 10.7. The molecule has 5 nitrogen and oxygen atoms in total. The molecule has 0 saturated carbocycles. The van der Waals surface area contributed by atoms with Crippen LogP contribution >= 0.6 is 12.4 Å². The Balaban J connectivity index is 0.00000192. The Kier molecular flexibility index (Phi) is 6.48. The molecule has 2 aliphatic rings. The number of nitrogens with one attached hydrogen (secondary N) is 1. The van der Waals surface area contributed by atoms with Crippen LogP contribution in [-0.2, 0) is 11.3 Å². The molecule has 3 heterocycles. The Morgan fingerprint density at radius 3 is 2.70 bits per heavy atom. The van der Waals surface area contributed by atoms with Gasteiger partial charge >= 0.3 is 0 Å². The molecule has 0 unspecified atom stereocenters. The van der Waals surface area contributed by atoms with Crippen molar-refractivity contribution in [1.82, 2.24) is 20.0 Å². The van der Waals surface area contributed by atoms with Crippen LogP contribution in [0.25, 0.3) is 0 Å². The van der Waals surface area contributed by atoms with Crippen molar-refractivity contribution in [3.63, 3.8) is 0 Å². The Morgan fingerprint density at radius 2 is 2.09 bits per heavy atom. The van der Waals surface area contributed by atoms with Gasteiger partial charge in [-0.2, -0.15) is 5.10 Å². The Labute approximate surface area is 145 Å². The van der Waals surface area contributed by atoms with E-state index in [1.807, 2.05) is 10.9 Å². The van der Waals surface area contributed by atoms with Gasteiger partial charge in [-0.1, -0.05) is 0 Å². The van der Waals surface area contributed by atoms with E-state index >= 15 is 0 Å². The molecular formula is C17H29ClN4O. The zero-order chi connectivity index (χ0) is 15.5. The van der Waals surface area contributed by atoms with Crippen LogP contribution in [-0.4, -0.2) is 46.3 Å². The lowest BCUT2D eigenvalue weighted by molar-refractivity contribution is -0.137. The molecule has 0 bridgehead atoms.